The summed E-state index contributed by atoms with van der Waals surface area (Å²) in [6.45, 7) is 3.69. The Balaban J connectivity index is 2.91. The molecule has 0 saturated carbocycles. The first kappa shape index (κ1) is 8.74. The summed E-state index contributed by atoms with van der Waals surface area (Å²) in [5.41, 5.74) is 6.69. The molecule has 0 atom stereocenters. The second-order valence-electron chi connectivity index (χ2n) is 3.09. The number of hydrogen-bond acceptors (Lipinski definition) is 4. The molecule has 3 N–H and O–H groups in total. The van der Waals surface area contributed by atoms with Crippen LogP contribution in [0.1, 0.15) is 18.2 Å². The number of aromatic nitrogens is 4. The van der Waals surface area contributed by atoms with Gasteiger partial charge >= 0.3 is 0 Å². The molecule has 6 nitrogen and oxygen atoms in total. The quantitative estimate of drug-likeness (QED) is 0.660. The molecule has 14 heavy (non-hydrogen) atoms. The van der Waals surface area contributed by atoms with Gasteiger partial charge in [-0.3, -0.25) is 9.89 Å². The van der Waals surface area contributed by atoms with E-state index in [0.717, 1.165) is 5.69 Å². The lowest BCUT2D eigenvalue weighted by atomic mass is 10.2. The number of rotatable bonds is 1. The number of nitrogens with zero attached hydrogens (tertiary/aromatic N) is 3. The highest BCUT2D eigenvalue weighted by Gasteiger charge is 2.09. The first-order chi connectivity index (χ1) is 6.63. The lowest BCUT2D eigenvalue weighted by molar-refractivity contribution is 0.858. The van der Waals surface area contributed by atoms with E-state index in [9.17, 15) is 4.79 Å². The number of nitrogens with two attached hydrogens (primary N) is 1. The zero-order chi connectivity index (χ0) is 10.3. The number of anilines is 1. The van der Waals surface area contributed by atoms with Gasteiger partial charge in [0.2, 0.25) is 5.95 Å². The summed E-state index contributed by atoms with van der Waals surface area (Å²) in [7, 11) is 0. The van der Waals surface area contributed by atoms with Crippen molar-refractivity contribution in [3.8, 4) is 0 Å². The van der Waals surface area contributed by atoms with Crippen molar-refractivity contribution in [2.75, 3.05) is 5.73 Å². The number of nitrogen functional groups attached to an aromatic ring is 1. The third kappa shape index (κ3) is 1.07. The van der Waals surface area contributed by atoms with E-state index in [-0.39, 0.29) is 11.5 Å². The van der Waals surface area contributed by atoms with Gasteiger partial charge in [0.15, 0.2) is 0 Å². The fourth-order valence-corrected chi connectivity index (χ4v) is 1.40. The van der Waals surface area contributed by atoms with Crippen molar-refractivity contribution in [3.05, 3.63) is 21.6 Å². The predicted molar refractivity (Wildman–Crippen MR) is 52.1 cm³/mol. The Kier molecular flexibility index (Phi) is 1.77. The Morgan fingerprint density at radius 3 is 2.86 bits per heavy atom. The highest BCUT2D eigenvalue weighted by Crippen LogP contribution is 2.03. The average molecular weight is 193 g/mol. The molecule has 0 aromatic carbocycles. The second kappa shape index (κ2) is 2.83. The van der Waals surface area contributed by atoms with Gasteiger partial charge in [-0.05, 0) is 13.3 Å². The van der Waals surface area contributed by atoms with Crippen LogP contribution in [0.3, 0.4) is 0 Å². The van der Waals surface area contributed by atoms with Crippen LogP contribution in [0.2, 0.25) is 0 Å². The van der Waals surface area contributed by atoms with Gasteiger partial charge in [0.05, 0.1) is 5.69 Å². The van der Waals surface area contributed by atoms with Crippen molar-refractivity contribution >= 4 is 11.7 Å². The molecule has 2 heterocycles. The number of H-pyrrole nitrogens is 1. The first-order valence-corrected chi connectivity index (χ1v) is 4.37. The maximum atomic E-state index is 11.7. The second-order valence-corrected chi connectivity index (χ2v) is 3.09. The molecule has 6 heteroatoms. The molecule has 0 aliphatic rings. The fourth-order valence-electron chi connectivity index (χ4n) is 1.40. The Morgan fingerprint density at radius 1 is 1.50 bits per heavy atom. The van der Waals surface area contributed by atoms with Gasteiger partial charge in [-0.15, -0.1) is 0 Å². The van der Waals surface area contributed by atoms with Crippen LogP contribution < -0.4 is 11.3 Å². The van der Waals surface area contributed by atoms with E-state index in [1.54, 1.807) is 6.92 Å². The maximum Gasteiger partial charge on any atom is 0.277 e. The molecule has 0 spiro atoms. The molecular weight excluding hydrogens is 182 g/mol. The summed E-state index contributed by atoms with van der Waals surface area (Å²) in [6.07, 6.45) is 0.713. The molecular formula is C8H11N5O. The fraction of sp³-hybridized carbons (Fsp3) is 0.375. The Hall–Kier alpha value is -1.85. The normalized spacial score (nSPS) is 11.0. The van der Waals surface area contributed by atoms with Crippen LogP contribution in [-0.2, 0) is 6.42 Å². The average Bonchev–Trinajstić information content (AvgIpc) is 2.52. The highest BCUT2D eigenvalue weighted by molar-refractivity contribution is 5.36. The molecule has 2 aromatic rings. The van der Waals surface area contributed by atoms with E-state index in [4.69, 9.17) is 5.73 Å². The van der Waals surface area contributed by atoms with Gasteiger partial charge < -0.3 is 5.73 Å². The molecule has 74 valence electrons. The van der Waals surface area contributed by atoms with Crippen molar-refractivity contribution < 1.29 is 0 Å². The minimum atomic E-state index is -0.143. The predicted octanol–water partition coefficient (Wildman–Crippen LogP) is -0.129. The van der Waals surface area contributed by atoms with Crippen LogP contribution in [0.25, 0.3) is 5.78 Å². The molecule has 0 fully saturated rings. The van der Waals surface area contributed by atoms with Crippen molar-refractivity contribution in [2.24, 2.45) is 0 Å². The summed E-state index contributed by atoms with van der Waals surface area (Å²) >= 11 is 0. The summed E-state index contributed by atoms with van der Waals surface area (Å²) in [4.78, 5) is 19.8. The zero-order valence-electron chi connectivity index (χ0n) is 8.03. The van der Waals surface area contributed by atoms with Crippen LogP contribution >= 0.6 is 0 Å². The molecule has 0 unspecified atom stereocenters. The number of fused-ring (bicyclic) bond motifs is 1. The van der Waals surface area contributed by atoms with Crippen LogP contribution in [0, 0.1) is 6.92 Å². The molecule has 0 amide bonds. The summed E-state index contributed by atoms with van der Waals surface area (Å²) in [6, 6.07) is 0. The minimum Gasteiger partial charge on any atom is -0.368 e. The van der Waals surface area contributed by atoms with Crippen LogP contribution in [0.4, 0.5) is 5.95 Å². The van der Waals surface area contributed by atoms with Crippen molar-refractivity contribution in [2.45, 2.75) is 20.3 Å². The minimum absolute atomic E-state index is 0.143. The Bertz CT molecular complexity index is 538. The molecule has 0 radical (unpaired) electrons. The zero-order valence-corrected chi connectivity index (χ0v) is 8.03. The number of hydrogen-bond donors (Lipinski definition) is 2. The van der Waals surface area contributed by atoms with E-state index < -0.39 is 0 Å². The highest BCUT2D eigenvalue weighted by atomic mass is 16.1. The smallest absolute Gasteiger partial charge is 0.277 e. The van der Waals surface area contributed by atoms with Gasteiger partial charge in [-0.25, -0.2) is 4.98 Å². The van der Waals surface area contributed by atoms with Crippen LogP contribution in [-0.4, -0.2) is 19.6 Å². The Labute approximate surface area is 79.8 Å². The lowest BCUT2D eigenvalue weighted by Gasteiger charge is -1.99. The maximum absolute atomic E-state index is 11.7. The molecule has 0 aliphatic heterocycles. The van der Waals surface area contributed by atoms with E-state index >= 15 is 0 Å². The SMILES string of the molecule is CCc1nc2nc(N)[nH]n2c(=O)c1C. The molecule has 0 bridgehead atoms. The third-order valence-electron chi connectivity index (χ3n) is 2.17. The summed E-state index contributed by atoms with van der Waals surface area (Å²) in [5, 5.41) is 2.63. The number of aryl methyl sites for hydroxylation is 1. The number of nitrogens with one attached hydrogen (secondary N) is 1. The Morgan fingerprint density at radius 2 is 2.21 bits per heavy atom. The van der Waals surface area contributed by atoms with Crippen LogP contribution in [0.15, 0.2) is 4.79 Å². The van der Waals surface area contributed by atoms with E-state index in [1.165, 1.54) is 4.52 Å². The molecule has 0 saturated heterocycles. The summed E-state index contributed by atoms with van der Waals surface area (Å²) < 4.78 is 1.25. The standard InChI is InChI=1S/C8H11N5O/c1-3-5-4(2)6(14)13-8(10-5)11-7(9)12-13/h3H2,1-2H3,(H3,9,10,11,12). The van der Waals surface area contributed by atoms with Gasteiger partial charge in [0, 0.05) is 5.56 Å². The topological polar surface area (TPSA) is 89.1 Å². The lowest BCUT2D eigenvalue weighted by Crippen LogP contribution is -2.20. The first-order valence-electron chi connectivity index (χ1n) is 4.37. The van der Waals surface area contributed by atoms with Crippen LogP contribution in [0.5, 0.6) is 0 Å². The van der Waals surface area contributed by atoms with Gasteiger partial charge in [0.25, 0.3) is 11.3 Å². The van der Waals surface area contributed by atoms with E-state index in [0.29, 0.717) is 17.8 Å². The van der Waals surface area contributed by atoms with Crippen molar-refractivity contribution in [1.29, 1.82) is 0 Å². The summed E-state index contributed by atoms with van der Waals surface area (Å²) in [5.74, 6) is 0.525. The van der Waals surface area contributed by atoms with Crippen molar-refractivity contribution in [1.82, 2.24) is 19.6 Å². The molecule has 2 aromatic heterocycles. The van der Waals surface area contributed by atoms with Gasteiger partial charge in [-0.1, -0.05) is 6.92 Å². The third-order valence-corrected chi connectivity index (χ3v) is 2.17. The molecule has 0 aliphatic carbocycles. The van der Waals surface area contributed by atoms with E-state index in [2.05, 4.69) is 15.1 Å². The molecule has 2 rings (SSSR count). The van der Waals surface area contributed by atoms with E-state index in [1.807, 2.05) is 6.92 Å². The largest absolute Gasteiger partial charge is 0.368 e. The van der Waals surface area contributed by atoms with Gasteiger partial charge in [0.1, 0.15) is 0 Å². The van der Waals surface area contributed by atoms with Crippen molar-refractivity contribution in [3.63, 3.8) is 0 Å². The number of aromatic amines is 1. The van der Waals surface area contributed by atoms with Gasteiger partial charge in [-0.2, -0.15) is 9.50 Å². The monoisotopic (exact) mass is 193 g/mol.